The molecule has 2 heterocycles. The van der Waals surface area contributed by atoms with Crippen LogP contribution in [0.3, 0.4) is 0 Å². The minimum absolute atomic E-state index is 0.0469. The predicted octanol–water partition coefficient (Wildman–Crippen LogP) is 7.43. The second kappa shape index (κ2) is 16.9. The van der Waals surface area contributed by atoms with Crippen molar-refractivity contribution in [2.24, 2.45) is 10.9 Å². The summed E-state index contributed by atoms with van der Waals surface area (Å²) < 4.78 is 5.63. The number of rotatable bonds is 11. The van der Waals surface area contributed by atoms with Crippen molar-refractivity contribution in [1.82, 2.24) is 15.3 Å². The van der Waals surface area contributed by atoms with Crippen molar-refractivity contribution in [2.75, 3.05) is 23.7 Å². The Kier molecular flexibility index (Phi) is 12.7. The van der Waals surface area contributed by atoms with E-state index in [4.69, 9.17) is 9.72 Å². The number of anilines is 2. The summed E-state index contributed by atoms with van der Waals surface area (Å²) >= 11 is 0. The van der Waals surface area contributed by atoms with Crippen LogP contribution in [0.1, 0.15) is 89.0 Å². The molecule has 2 atom stereocenters. The van der Waals surface area contributed by atoms with Gasteiger partial charge < -0.3 is 20.7 Å². The van der Waals surface area contributed by atoms with E-state index >= 15 is 0 Å². The fraction of sp³-hybridized carbons (Fsp3) is 0.500. The van der Waals surface area contributed by atoms with E-state index in [0.717, 1.165) is 36.6 Å². The van der Waals surface area contributed by atoms with Crippen LogP contribution < -0.4 is 16.0 Å². The van der Waals surface area contributed by atoms with Crippen LogP contribution in [0.15, 0.2) is 65.7 Å². The van der Waals surface area contributed by atoms with Crippen LogP contribution >= 0.6 is 0 Å². The van der Waals surface area contributed by atoms with Crippen LogP contribution in [0.2, 0.25) is 0 Å². The Hall–Kier alpha value is -3.78. The molecule has 1 saturated heterocycles. The molecule has 3 aromatic rings. The van der Waals surface area contributed by atoms with Crippen LogP contribution in [0, 0.1) is 12.8 Å². The van der Waals surface area contributed by atoms with E-state index in [0.29, 0.717) is 24.5 Å². The van der Waals surface area contributed by atoms with Gasteiger partial charge in [0.25, 0.3) is 0 Å². The molecule has 1 aromatic heterocycles. The summed E-state index contributed by atoms with van der Waals surface area (Å²) in [6.07, 6.45) is 8.67. The van der Waals surface area contributed by atoms with E-state index in [1.54, 1.807) is 6.21 Å². The topological polar surface area (TPSA) is 101 Å². The van der Waals surface area contributed by atoms with Crippen LogP contribution in [-0.2, 0) is 9.53 Å². The summed E-state index contributed by atoms with van der Waals surface area (Å²) in [6, 6.07) is 21.7. The molecule has 236 valence electrons. The van der Waals surface area contributed by atoms with E-state index in [1.165, 1.54) is 36.8 Å². The molecule has 1 aliphatic heterocycles. The maximum Gasteiger partial charge on any atom is 0.249 e. The second-order valence-corrected chi connectivity index (χ2v) is 12.0. The van der Waals surface area contributed by atoms with Gasteiger partial charge in [0, 0.05) is 31.3 Å². The van der Waals surface area contributed by atoms with Gasteiger partial charge in [-0.1, -0.05) is 87.4 Å². The van der Waals surface area contributed by atoms with Gasteiger partial charge in [0.15, 0.2) is 5.82 Å². The largest absolute Gasteiger partial charge is 0.367 e. The van der Waals surface area contributed by atoms with Crippen molar-refractivity contribution >= 4 is 29.6 Å². The molecule has 8 nitrogen and oxygen atoms in total. The molecule has 8 heteroatoms. The fourth-order valence-electron chi connectivity index (χ4n) is 5.92. The van der Waals surface area contributed by atoms with Gasteiger partial charge in [-0.05, 0) is 63.5 Å². The molecule has 44 heavy (non-hydrogen) atoms. The summed E-state index contributed by atoms with van der Waals surface area (Å²) in [5, 5.41) is 9.91. The predicted molar refractivity (Wildman–Crippen MR) is 181 cm³/mol. The third-order valence-electron chi connectivity index (χ3n) is 8.32. The number of carbonyl (C=O) groups is 1. The quantitative estimate of drug-likeness (QED) is 0.199. The number of hydrogen-bond acceptors (Lipinski definition) is 7. The molecular weight excluding hydrogens is 548 g/mol. The number of nitrogens with zero attached hydrogens (tertiary/aromatic N) is 3. The van der Waals surface area contributed by atoms with E-state index in [-0.39, 0.29) is 24.0 Å². The summed E-state index contributed by atoms with van der Waals surface area (Å²) in [5.74, 6) is 2.24. The summed E-state index contributed by atoms with van der Waals surface area (Å²) in [5.41, 5.74) is 4.24. The number of ether oxygens (including phenoxy) is 1. The van der Waals surface area contributed by atoms with Crippen molar-refractivity contribution in [3.8, 4) is 0 Å². The highest BCUT2D eigenvalue weighted by Gasteiger charge is 2.31. The van der Waals surface area contributed by atoms with Crippen LogP contribution in [0.25, 0.3) is 0 Å². The Bertz CT molecular complexity index is 1290. The maximum absolute atomic E-state index is 11.4. The smallest absolute Gasteiger partial charge is 0.249 e. The Morgan fingerprint density at radius 3 is 2.16 bits per heavy atom. The number of carbonyl (C=O) groups excluding carboxylic acids is 1. The average molecular weight is 599 g/mol. The third-order valence-corrected chi connectivity index (χ3v) is 8.32. The lowest BCUT2D eigenvalue weighted by Crippen LogP contribution is -2.34. The molecular formula is C36H50N6O2. The van der Waals surface area contributed by atoms with Gasteiger partial charge in [-0.2, -0.15) is 4.98 Å². The van der Waals surface area contributed by atoms with E-state index in [1.807, 2.05) is 20.8 Å². The average Bonchev–Trinajstić information content (AvgIpc) is 3.74. The highest BCUT2D eigenvalue weighted by Crippen LogP contribution is 2.31. The Balaban J connectivity index is 0.000000285. The number of aromatic nitrogens is 2. The highest BCUT2D eigenvalue weighted by atomic mass is 16.5. The normalized spacial score (nSPS) is 18.4. The van der Waals surface area contributed by atoms with E-state index in [2.05, 4.69) is 100 Å². The summed E-state index contributed by atoms with van der Waals surface area (Å²) in [4.78, 5) is 25.5. The lowest BCUT2D eigenvalue weighted by atomic mass is 9.91. The Labute approximate surface area is 263 Å². The fourth-order valence-corrected chi connectivity index (χ4v) is 5.92. The molecule has 1 saturated carbocycles. The molecule has 2 unspecified atom stereocenters. The summed E-state index contributed by atoms with van der Waals surface area (Å²) in [7, 11) is 0. The number of hydrogen-bond donors (Lipinski definition) is 3. The highest BCUT2D eigenvalue weighted by molar-refractivity contribution is 5.80. The first-order valence-corrected chi connectivity index (χ1v) is 16.3. The minimum atomic E-state index is -0.202. The van der Waals surface area contributed by atoms with Crippen molar-refractivity contribution in [2.45, 2.75) is 97.3 Å². The number of likely N-dealkylation sites (N-methyl/N-ethyl adjacent to an activating group) is 1. The molecule has 0 bridgehead atoms. The monoisotopic (exact) mass is 598 g/mol. The summed E-state index contributed by atoms with van der Waals surface area (Å²) in [6.45, 7) is 11.5. The molecule has 5 rings (SSSR count). The zero-order valence-corrected chi connectivity index (χ0v) is 27.1. The van der Waals surface area contributed by atoms with Gasteiger partial charge in [0.05, 0.1) is 11.8 Å². The zero-order valence-electron chi connectivity index (χ0n) is 27.1. The first-order chi connectivity index (χ1) is 21.4. The first kappa shape index (κ1) is 33.1. The molecule has 1 aliphatic carbocycles. The molecule has 0 spiro atoms. The third kappa shape index (κ3) is 9.36. The van der Waals surface area contributed by atoms with Gasteiger partial charge >= 0.3 is 0 Å². The van der Waals surface area contributed by atoms with Crippen molar-refractivity contribution < 1.29 is 9.53 Å². The Morgan fingerprint density at radius 2 is 1.61 bits per heavy atom. The molecule has 2 aliphatic rings. The molecule has 0 radical (unpaired) electrons. The maximum atomic E-state index is 11.4. The molecule has 1 amide bonds. The van der Waals surface area contributed by atoms with Gasteiger partial charge in [-0.3, -0.25) is 9.79 Å². The lowest BCUT2D eigenvalue weighted by molar-refractivity contribution is -0.132. The van der Waals surface area contributed by atoms with E-state index < -0.39 is 0 Å². The number of amides is 1. The standard InChI is InChI=1S/C26H31N5.C10H19NO2/c1-3-27-24-19(2)29-26(30-22-16-10-11-17-22)31-25(24)28-18-23(20-12-6-4-7-13-20)21-14-8-5-9-15-21;1-4-11-10(12)9-6-5-8(13-9)7(2)3/h3-9,12-15,22-23H,10-11,16-18H2,1-2H3,(H2,28,29,30,31);7-9H,4-6H2,1-3H3,(H,11,12). The number of aliphatic imine (C=N–C) groups is 1. The molecule has 2 fully saturated rings. The van der Waals surface area contributed by atoms with Gasteiger partial charge in [0.2, 0.25) is 11.9 Å². The van der Waals surface area contributed by atoms with Gasteiger partial charge in [-0.15, -0.1) is 0 Å². The number of benzene rings is 2. The zero-order chi connectivity index (χ0) is 31.3. The van der Waals surface area contributed by atoms with Crippen LogP contribution in [0.4, 0.5) is 17.5 Å². The SMILES string of the molecule is CC=Nc1c(C)nc(NC2CCCC2)nc1NCC(c1ccccc1)c1ccccc1.CCNC(=O)C1CCC(C(C)C)O1. The lowest BCUT2D eigenvalue weighted by Gasteiger charge is -2.21. The van der Waals surface area contributed by atoms with E-state index in [9.17, 15) is 4.79 Å². The van der Waals surface area contributed by atoms with Crippen LogP contribution in [0.5, 0.6) is 0 Å². The second-order valence-electron chi connectivity index (χ2n) is 12.0. The van der Waals surface area contributed by atoms with Crippen molar-refractivity contribution in [3.63, 3.8) is 0 Å². The van der Waals surface area contributed by atoms with Crippen molar-refractivity contribution in [3.05, 3.63) is 77.5 Å². The van der Waals surface area contributed by atoms with Crippen molar-refractivity contribution in [1.29, 1.82) is 0 Å². The van der Waals surface area contributed by atoms with Crippen LogP contribution in [-0.4, -0.2) is 53.4 Å². The molecule has 3 N–H and O–H groups in total. The van der Waals surface area contributed by atoms with Gasteiger partial charge in [0.1, 0.15) is 11.8 Å². The Morgan fingerprint density at radius 1 is 0.977 bits per heavy atom. The van der Waals surface area contributed by atoms with Gasteiger partial charge in [-0.25, -0.2) is 4.98 Å². The molecule has 2 aromatic carbocycles. The number of nitrogens with one attached hydrogen (secondary N) is 3. The first-order valence-electron chi connectivity index (χ1n) is 16.3. The minimum Gasteiger partial charge on any atom is -0.367 e. The number of aryl methyl sites for hydroxylation is 1.